The van der Waals surface area contributed by atoms with Crippen molar-refractivity contribution in [3.63, 3.8) is 0 Å². The van der Waals surface area contributed by atoms with Crippen LogP contribution in [0.4, 0.5) is 5.69 Å². The molecule has 0 atom stereocenters. The van der Waals surface area contributed by atoms with E-state index in [0.717, 1.165) is 37.9 Å². The van der Waals surface area contributed by atoms with E-state index in [-0.39, 0.29) is 5.91 Å². The molecule has 0 unspecified atom stereocenters. The van der Waals surface area contributed by atoms with Gasteiger partial charge in [-0.3, -0.25) is 9.78 Å². The number of nitrogens with zero attached hydrogens (tertiary/aromatic N) is 4. The zero-order valence-corrected chi connectivity index (χ0v) is 21.5. The molecule has 174 valence electrons. The molecule has 7 heteroatoms. The average molecular weight is 526 g/mol. The molecule has 5 rings (SSSR count). The number of hydrogen-bond donors (Lipinski definition) is 1. The van der Waals surface area contributed by atoms with Crippen molar-refractivity contribution in [2.24, 2.45) is 0 Å². The molecular formula is C28H24BrN5O. The van der Waals surface area contributed by atoms with Crippen molar-refractivity contribution < 1.29 is 4.79 Å². The minimum Gasteiger partial charge on any atom is -0.321 e. The maximum absolute atomic E-state index is 13.6. The fourth-order valence-electron chi connectivity index (χ4n) is 4.26. The molecule has 3 aromatic heterocycles. The van der Waals surface area contributed by atoms with Gasteiger partial charge in [-0.25, -0.2) is 9.67 Å². The Morgan fingerprint density at radius 2 is 1.63 bits per heavy atom. The van der Waals surface area contributed by atoms with Gasteiger partial charge in [-0.1, -0.05) is 23.8 Å². The van der Waals surface area contributed by atoms with Crippen molar-refractivity contribution in [1.82, 2.24) is 19.7 Å². The van der Waals surface area contributed by atoms with Gasteiger partial charge in [0.25, 0.3) is 5.91 Å². The standard InChI is InChI=1S/C28H24BrN5O/c1-16-6-8-25(18(3)13-16)34-27-26(19(4)33-34)21(15-24(31-27)20-9-11-30-12-10-20)28(35)32-23-7-5-17(2)14-22(23)29/h5-15H,1-4H3,(H,32,35). The summed E-state index contributed by atoms with van der Waals surface area (Å²) in [5.74, 6) is -0.222. The van der Waals surface area contributed by atoms with Gasteiger partial charge in [0.1, 0.15) is 0 Å². The number of nitrogens with one attached hydrogen (secondary N) is 1. The molecule has 5 aromatic rings. The first-order valence-corrected chi connectivity index (χ1v) is 12.1. The maximum atomic E-state index is 13.6. The van der Waals surface area contributed by atoms with Crippen molar-refractivity contribution in [2.45, 2.75) is 27.7 Å². The number of benzene rings is 2. The number of pyridine rings is 2. The minimum absolute atomic E-state index is 0.222. The number of rotatable bonds is 4. The molecule has 1 amide bonds. The van der Waals surface area contributed by atoms with Crippen LogP contribution < -0.4 is 5.32 Å². The molecule has 0 bridgehead atoms. The van der Waals surface area contributed by atoms with Gasteiger partial charge in [-0.2, -0.15) is 5.10 Å². The summed E-state index contributed by atoms with van der Waals surface area (Å²) < 4.78 is 2.66. The number of carbonyl (C=O) groups is 1. The average Bonchev–Trinajstić information content (AvgIpc) is 3.17. The summed E-state index contributed by atoms with van der Waals surface area (Å²) >= 11 is 3.56. The maximum Gasteiger partial charge on any atom is 0.256 e. The van der Waals surface area contributed by atoms with Crippen LogP contribution in [0.15, 0.2) is 71.5 Å². The first-order chi connectivity index (χ1) is 16.8. The van der Waals surface area contributed by atoms with Crippen molar-refractivity contribution >= 4 is 38.6 Å². The number of fused-ring (bicyclic) bond motifs is 1. The summed E-state index contributed by atoms with van der Waals surface area (Å²) in [4.78, 5) is 22.7. The highest BCUT2D eigenvalue weighted by Gasteiger charge is 2.22. The third-order valence-corrected chi connectivity index (χ3v) is 6.64. The largest absolute Gasteiger partial charge is 0.321 e. The van der Waals surface area contributed by atoms with E-state index in [1.807, 2.05) is 61.0 Å². The topological polar surface area (TPSA) is 72.7 Å². The smallest absolute Gasteiger partial charge is 0.256 e. The Bertz CT molecular complexity index is 1590. The fourth-order valence-corrected chi connectivity index (χ4v) is 4.85. The van der Waals surface area contributed by atoms with E-state index in [2.05, 4.69) is 52.2 Å². The fraction of sp³-hybridized carbons (Fsp3) is 0.143. The number of aromatic nitrogens is 4. The Balaban J connectivity index is 1.73. The summed E-state index contributed by atoms with van der Waals surface area (Å²) in [5.41, 5.74) is 8.44. The van der Waals surface area contributed by atoms with E-state index in [9.17, 15) is 4.79 Å². The Morgan fingerprint density at radius 3 is 2.34 bits per heavy atom. The highest BCUT2D eigenvalue weighted by Crippen LogP contribution is 2.31. The van der Waals surface area contributed by atoms with Crippen LogP contribution in [-0.4, -0.2) is 25.7 Å². The van der Waals surface area contributed by atoms with E-state index in [0.29, 0.717) is 22.6 Å². The molecule has 6 nitrogen and oxygen atoms in total. The Morgan fingerprint density at radius 1 is 0.914 bits per heavy atom. The van der Waals surface area contributed by atoms with E-state index >= 15 is 0 Å². The highest BCUT2D eigenvalue weighted by molar-refractivity contribution is 9.10. The zero-order valence-electron chi connectivity index (χ0n) is 19.9. The SMILES string of the molecule is Cc1ccc(-n2nc(C)c3c(C(=O)Nc4ccc(C)cc4Br)cc(-c4ccncc4)nc32)c(C)c1. The summed E-state index contributed by atoms with van der Waals surface area (Å²) in [7, 11) is 0. The molecule has 0 aliphatic rings. The second kappa shape index (κ2) is 9.07. The summed E-state index contributed by atoms with van der Waals surface area (Å²) in [6, 6.07) is 17.7. The van der Waals surface area contributed by atoms with E-state index in [1.165, 1.54) is 5.56 Å². The van der Waals surface area contributed by atoms with Gasteiger partial charge in [0.15, 0.2) is 5.65 Å². The highest BCUT2D eigenvalue weighted by atomic mass is 79.9. The molecular weight excluding hydrogens is 502 g/mol. The molecule has 35 heavy (non-hydrogen) atoms. The molecule has 0 aliphatic heterocycles. The lowest BCUT2D eigenvalue weighted by Crippen LogP contribution is -2.14. The van der Waals surface area contributed by atoms with E-state index in [4.69, 9.17) is 10.1 Å². The molecule has 0 saturated carbocycles. The van der Waals surface area contributed by atoms with Gasteiger partial charge >= 0.3 is 0 Å². The predicted octanol–water partition coefficient (Wildman–Crippen LogP) is 6.73. The van der Waals surface area contributed by atoms with Crippen molar-refractivity contribution in [2.75, 3.05) is 5.32 Å². The molecule has 0 fully saturated rings. The lowest BCUT2D eigenvalue weighted by molar-refractivity contribution is 0.102. The zero-order chi connectivity index (χ0) is 24.7. The quantitative estimate of drug-likeness (QED) is 0.282. The van der Waals surface area contributed by atoms with E-state index in [1.54, 1.807) is 12.4 Å². The Kier molecular flexibility index (Phi) is 5.94. The van der Waals surface area contributed by atoms with Crippen LogP contribution in [0.1, 0.15) is 32.7 Å². The van der Waals surface area contributed by atoms with Gasteiger partial charge in [0.2, 0.25) is 0 Å². The van der Waals surface area contributed by atoms with Crippen LogP contribution in [0, 0.1) is 27.7 Å². The molecule has 0 radical (unpaired) electrons. The monoisotopic (exact) mass is 525 g/mol. The van der Waals surface area contributed by atoms with Crippen LogP contribution in [0.25, 0.3) is 28.0 Å². The van der Waals surface area contributed by atoms with Gasteiger partial charge in [0, 0.05) is 22.4 Å². The van der Waals surface area contributed by atoms with Crippen molar-refractivity contribution in [3.05, 3.63) is 99.4 Å². The molecule has 3 heterocycles. The number of hydrogen-bond acceptors (Lipinski definition) is 4. The second-order valence-corrected chi connectivity index (χ2v) is 9.57. The Labute approximate surface area is 212 Å². The second-order valence-electron chi connectivity index (χ2n) is 8.71. The molecule has 0 spiro atoms. The van der Waals surface area contributed by atoms with Crippen LogP contribution in [0.3, 0.4) is 0 Å². The lowest BCUT2D eigenvalue weighted by Gasteiger charge is -2.12. The number of amides is 1. The van der Waals surface area contributed by atoms with Gasteiger partial charge in [-0.05, 0) is 91.1 Å². The minimum atomic E-state index is -0.222. The first-order valence-electron chi connectivity index (χ1n) is 11.3. The summed E-state index contributed by atoms with van der Waals surface area (Å²) in [6.45, 7) is 8.04. The number of carbonyl (C=O) groups excluding carboxylic acids is 1. The van der Waals surface area contributed by atoms with Crippen LogP contribution in [-0.2, 0) is 0 Å². The normalized spacial score (nSPS) is 11.1. The molecule has 0 aliphatic carbocycles. The summed E-state index contributed by atoms with van der Waals surface area (Å²) in [5, 5.41) is 8.60. The number of aryl methyl sites for hydroxylation is 4. The first kappa shape index (κ1) is 22.9. The third-order valence-electron chi connectivity index (χ3n) is 5.99. The molecule has 0 saturated heterocycles. The number of anilines is 1. The van der Waals surface area contributed by atoms with Crippen LogP contribution in [0.5, 0.6) is 0 Å². The van der Waals surface area contributed by atoms with E-state index < -0.39 is 0 Å². The summed E-state index contributed by atoms with van der Waals surface area (Å²) in [6.07, 6.45) is 3.44. The molecule has 1 N–H and O–H groups in total. The third kappa shape index (κ3) is 4.35. The Hall–Kier alpha value is -3.84. The predicted molar refractivity (Wildman–Crippen MR) is 143 cm³/mol. The van der Waals surface area contributed by atoms with Crippen molar-refractivity contribution in [3.8, 4) is 16.9 Å². The van der Waals surface area contributed by atoms with Gasteiger partial charge in [-0.15, -0.1) is 0 Å². The van der Waals surface area contributed by atoms with Crippen molar-refractivity contribution in [1.29, 1.82) is 0 Å². The van der Waals surface area contributed by atoms with Crippen LogP contribution >= 0.6 is 15.9 Å². The van der Waals surface area contributed by atoms with Gasteiger partial charge in [0.05, 0.1) is 33.7 Å². The van der Waals surface area contributed by atoms with Gasteiger partial charge < -0.3 is 5.32 Å². The number of halogens is 1. The van der Waals surface area contributed by atoms with Crippen LogP contribution in [0.2, 0.25) is 0 Å². The molecule has 2 aromatic carbocycles. The lowest BCUT2D eigenvalue weighted by atomic mass is 10.1.